The molecule has 3 rings (SSSR count). The number of ether oxygens (including phenoxy) is 2. The molecule has 5 nitrogen and oxygen atoms in total. The van der Waals surface area contributed by atoms with Gasteiger partial charge in [0.1, 0.15) is 16.3 Å². The summed E-state index contributed by atoms with van der Waals surface area (Å²) < 4.78 is 10.6. The highest BCUT2D eigenvalue weighted by Crippen LogP contribution is 2.36. The van der Waals surface area contributed by atoms with Gasteiger partial charge < -0.3 is 14.8 Å². The van der Waals surface area contributed by atoms with Crippen molar-refractivity contribution in [3.63, 3.8) is 0 Å². The predicted octanol–water partition coefficient (Wildman–Crippen LogP) is 5.91. The summed E-state index contributed by atoms with van der Waals surface area (Å²) in [5.41, 5.74) is 1.84. The second kappa shape index (κ2) is 9.31. The van der Waals surface area contributed by atoms with Gasteiger partial charge in [-0.2, -0.15) is 0 Å². The van der Waals surface area contributed by atoms with E-state index in [2.05, 4.69) is 5.32 Å². The maximum Gasteiger partial charge on any atom is 0.341 e. The number of anilines is 1. The van der Waals surface area contributed by atoms with Gasteiger partial charge in [-0.3, -0.25) is 4.79 Å². The number of carbonyl (C=O) groups is 2. The molecule has 0 aliphatic rings. The number of methoxy groups -OCH3 is 1. The molecule has 1 heterocycles. The Balaban J connectivity index is 1.82. The molecule has 0 radical (unpaired) electrons. The van der Waals surface area contributed by atoms with Crippen LogP contribution in [0.15, 0.2) is 53.9 Å². The van der Waals surface area contributed by atoms with Gasteiger partial charge in [-0.25, -0.2) is 4.79 Å². The van der Waals surface area contributed by atoms with E-state index in [1.807, 2.05) is 30.3 Å². The van der Waals surface area contributed by atoms with E-state index >= 15 is 0 Å². The molecule has 1 atom stereocenters. The van der Waals surface area contributed by atoms with Gasteiger partial charge in [0.15, 0.2) is 6.10 Å². The number of hydrogen-bond acceptors (Lipinski definition) is 5. The van der Waals surface area contributed by atoms with Crippen molar-refractivity contribution in [2.75, 3.05) is 12.4 Å². The number of halogens is 2. The van der Waals surface area contributed by atoms with Crippen molar-refractivity contribution in [3.05, 3.63) is 69.5 Å². The first-order chi connectivity index (χ1) is 13.9. The van der Waals surface area contributed by atoms with E-state index in [4.69, 9.17) is 32.7 Å². The average Bonchev–Trinajstić information content (AvgIpc) is 3.13. The maximum absolute atomic E-state index is 12.7. The Kier molecular flexibility index (Phi) is 6.79. The van der Waals surface area contributed by atoms with E-state index in [1.54, 1.807) is 24.4 Å². The minimum Gasteiger partial charge on any atom is -0.479 e. The highest BCUT2D eigenvalue weighted by Gasteiger charge is 2.24. The summed E-state index contributed by atoms with van der Waals surface area (Å²) in [4.78, 5) is 25.0. The van der Waals surface area contributed by atoms with Gasteiger partial charge in [0, 0.05) is 16.0 Å². The molecule has 0 bridgehead atoms. The van der Waals surface area contributed by atoms with Gasteiger partial charge in [-0.05, 0) is 30.7 Å². The molecule has 1 N–H and O–H groups in total. The Labute approximate surface area is 182 Å². The number of thiophene rings is 1. The lowest BCUT2D eigenvalue weighted by atomic mass is 10.0. The van der Waals surface area contributed by atoms with Crippen LogP contribution in [0.25, 0.3) is 11.1 Å². The molecule has 3 aromatic rings. The first-order valence-electron chi connectivity index (χ1n) is 8.58. The lowest BCUT2D eigenvalue weighted by Gasteiger charge is -2.16. The van der Waals surface area contributed by atoms with Gasteiger partial charge in [0.05, 0.1) is 12.1 Å². The first kappa shape index (κ1) is 21.2. The summed E-state index contributed by atoms with van der Waals surface area (Å²) in [7, 11) is 1.30. The third-order valence-corrected chi connectivity index (χ3v) is 5.49. The van der Waals surface area contributed by atoms with Crippen molar-refractivity contribution >= 4 is 51.4 Å². The molecule has 0 saturated heterocycles. The van der Waals surface area contributed by atoms with Gasteiger partial charge in [0.25, 0.3) is 5.91 Å². The molecule has 0 spiro atoms. The number of rotatable bonds is 6. The zero-order valence-electron chi connectivity index (χ0n) is 15.6. The zero-order chi connectivity index (χ0) is 21.0. The van der Waals surface area contributed by atoms with Gasteiger partial charge >= 0.3 is 5.97 Å². The number of benzene rings is 2. The second-order valence-corrected chi connectivity index (χ2v) is 7.76. The first-order valence-corrected chi connectivity index (χ1v) is 10.2. The van der Waals surface area contributed by atoms with Crippen LogP contribution in [0, 0.1) is 0 Å². The van der Waals surface area contributed by atoms with E-state index in [9.17, 15) is 9.59 Å². The quantitative estimate of drug-likeness (QED) is 0.474. The van der Waals surface area contributed by atoms with Crippen LogP contribution in [0.5, 0.6) is 5.75 Å². The lowest BCUT2D eigenvalue weighted by Crippen LogP contribution is -2.30. The molecule has 29 heavy (non-hydrogen) atoms. The van der Waals surface area contributed by atoms with Crippen molar-refractivity contribution in [2.24, 2.45) is 0 Å². The minimum absolute atomic E-state index is 0.300. The molecule has 150 valence electrons. The molecule has 1 unspecified atom stereocenters. The fraction of sp³-hybridized carbons (Fsp3) is 0.143. The van der Waals surface area contributed by atoms with Gasteiger partial charge in [-0.15, -0.1) is 11.3 Å². The third-order valence-electron chi connectivity index (χ3n) is 4.07. The molecular formula is C21H17Cl2NO4S. The highest BCUT2D eigenvalue weighted by molar-refractivity contribution is 7.15. The van der Waals surface area contributed by atoms with E-state index in [0.29, 0.717) is 31.9 Å². The van der Waals surface area contributed by atoms with Crippen LogP contribution in [-0.2, 0) is 9.53 Å². The summed E-state index contributed by atoms with van der Waals surface area (Å²) in [5.74, 6) is -0.625. The average molecular weight is 450 g/mol. The van der Waals surface area contributed by atoms with Crippen molar-refractivity contribution < 1.29 is 19.1 Å². The second-order valence-electron chi connectivity index (χ2n) is 6.04. The third kappa shape index (κ3) is 4.90. The van der Waals surface area contributed by atoms with Crippen molar-refractivity contribution in [1.29, 1.82) is 0 Å². The van der Waals surface area contributed by atoms with Crippen LogP contribution >= 0.6 is 34.5 Å². The van der Waals surface area contributed by atoms with Crippen LogP contribution in [0.3, 0.4) is 0 Å². The van der Waals surface area contributed by atoms with E-state index in [-0.39, 0.29) is 0 Å². The van der Waals surface area contributed by atoms with Crippen LogP contribution < -0.4 is 10.1 Å². The van der Waals surface area contributed by atoms with E-state index < -0.39 is 18.0 Å². The smallest absolute Gasteiger partial charge is 0.341 e. The van der Waals surface area contributed by atoms with Crippen molar-refractivity contribution in [2.45, 2.75) is 13.0 Å². The van der Waals surface area contributed by atoms with E-state index in [1.165, 1.54) is 24.5 Å². The molecule has 1 aromatic heterocycles. The Hall–Kier alpha value is -2.54. The lowest BCUT2D eigenvalue weighted by molar-refractivity contribution is -0.122. The van der Waals surface area contributed by atoms with Crippen LogP contribution in [0.2, 0.25) is 10.0 Å². The molecule has 0 saturated carbocycles. The van der Waals surface area contributed by atoms with Gasteiger partial charge in [0.2, 0.25) is 0 Å². The van der Waals surface area contributed by atoms with E-state index in [0.717, 1.165) is 5.56 Å². The summed E-state index contributed by atoms with van der Waals surface area (Å²) in [6, 6.07) is 14.1. The molecule has 0 aliphatic carbocycles. The van der Waals surface area contributed by atoms with Crippen molar-refractivity contribution in [3.8, 4) is 16.9 Å². The Morgan fingerprint density at radius 2 is 1.83 bits per heavy atom. The molecular weight excluding hydrogens is 433 g/mol. The summed E-state index contributed by atoms with van der Waals surface area (Å²) in [6.07, 6.45) is -0.860. The highest BCUT2D eigenvalue weighted by atomic mass is 35.5. The number of nitrogens with one attached hydrogen (secondary N) is 1. The maximum atomic E-state index is 12.7. The largest absolute Gasteiger partial charge is 0.479 e. The molecule has 0 aliphatic heterocycles. The van der Waals surface area contributed by atoms with Crippen molar-refractivity contribution in [1.82, 2.24) is 0 Å². The zero-order valence-corrected chi connectivity index (χ0v) is 17.9. The number of carbonyl (C=O) groups excluding carboxylic acids is 2. The fourth-order valence-electron chi connectivity index (χ4n) is 2.61. The summed E-state index contributed by atoms with van der Waals surface area (Å²) >= 11 is 13.2. The number of amides is 1. The Bertz CT molecular complexity index is 1040. The Morgan fingerprint density at radius 3 is 2.48 bits per heavy atom. The van der Waals surface area contributed by atoms with Crippen LogP contribution in [0.1, 0.15) is 17.3 Å². The van der Waals surface area contributed by atoms with Crippen LogP contribution in [0.4, 0.5) is 5.00 Å². The molecule has 0 fully saturated rings. The fourth-order valence-corrected chi connectivity index (χ4v) is 4.03. The molecule has 8 heteroatoms. The Morgan fingerprint density at radius 1 is 1.10 bits per heavy atom. The van der Waals surface area contributed by atoms with Crippen LogP contribution in [-0.4, -0.2) is 25.1 Å². The standard InChI is InChI=1S/C21H17Cl2NO4S/c1-12(28-17-9-8-14(22)10-16(17)23)19(25)24-20-18(21(26)27-2)15(11-29-20)13-6-4-3-5-7-13/h3-12H,1-2H3,(H,24,25). The predicted molar refractivity (Wildman–Crippen MR) is 116 cm³/mol. The van der Waals surface area contributed by atoms with Gasteiger partial charge in [-0.1, -0.05) is 53.5 Å². The molecule has 2 aromatic carbocycles. The topological polar surface area (TPSA) is 64.6 Å². The number of esters is 1. The normalized spacial score (nSPS) is 11.6. The SMILES string of the molecule is COC(=O)c1c(-c2ccccc2)csc1NC(=O)C(C)Oc1ccc(Cl)cc1Cl. The molecule has 1 amide bonds. The minimum atomic E-state index is -0.860. The summed E-state index contributed by atoms with van der Waals surface area (Å²) in [6.45, 7) is 1.59. The summed E-state index contributed by atoms with van der Waals surface area (Å²) in [5, 5.41) is 5.71. The monoisotopic (exact) mass is 449 g/mol. The number of hydrogen-bond donors (Lipinski definition) is 1.